The lowest BCUT2D eigenvalue weighted by Crippen LogP contribution is -2.04. The molecule has 0 unspecified atom stereocenters. The van der Waals surface area contributed by atoms with E-state index < -0.39 is 5.97 Å². The summed E-state index contributed by atoms with van der Waals surface area (Å²) in [5.41, 5.74) is 0.519. The van der Waals surface area contributed by atoms with Crippen LogP contribution in [0.3, 0.4) is 0 Å². The van der Waals surface area contributed by atoms with Crippen molar-refractivity contribution in [3.8, 4) is 5.75 Å². The minimum absolute atomic E-state index is 0.0694. The Bertz CT molecular complexity index is 432. The van der Waals surface area contributed by atoms with Gasteiger partial charge in [0.05, 0.1) is 11.6 Å². The van der Waals surface area contributed by atoms with Crippen molar-refractivity contribution in [2.24, 2.45) is 4.99 Å². The second-order valence-corrected chi connectivity index (χ2v) is 4.64. The van der Waals surface area contributed by atoms with Crippen LogP contribution in [0.5, 0.6) is 5.75 Å². The third-order valence-corrected chi connectivity index (χ3v) is 2.80. The minimum Gasteiger partial charge on any atom is -0.506 e. The number of halogens is 2. The summed E-state index contributed by atoms with van der Waals surface area (Å²) in [7, 11) is 1.30. The number of hydrogen-bond acceptors (Lipinski definition) is 4. The lowest BCUT2D eigenvalue weighted by atomic mass is 10.2. The molecule has 0 aliphatic rings. The Balaban J connectivity index is 2.85. The molecule has 0 fully saturated rings. The highest BCUT2D eigenvalue weighted by Gasteiger charge is 2.05. The molecule has 1 aromatic rings. The van der Waals surface area contributed by atoms with Crippen molar-refractivity contribution in [3.63, 3.8) is 0 Å². The molecule has 0 radical (unpaired) electrons. The standard InChI is InChI=1S/C10H9Br2NO3/c1-16-9(14)5-13-4-6-2-7(11)3-8(12)10(6)15/h2-4,15H,5H2,1H3. The van der Waals surface area contributed by atoms with Gasteiger partial charge >= 0.3 is 5.97 Å². The molecule has 0 amide bonds. The molecule has 0 atom stereocenters. The molecule has 1 N–H and O–H groups in total. The van der Waals surface area contributed by atoms with Crippen molar-refractivity contribution < 1.29 is 14.6 Å². The molecule has 6 heteroatoms. The molecule has 16 heavy (non-hydrogen) atoms. The summed E-state index contributed by atoms with van der Waals surface area (Å²) in [5.74, 6) is -0.346. The van der Waals surface area contributed by atoms with E-state index in [9.17, 15) is 9.90 Å². The van der Waals surface area contributed by atoms with E-state index in [4.69, 9.17) is 0 Å². The summed E-state index contributed by atoms with van der Waals surface area (Å²) < 4.78 is 5.79. The largest absolute Gasteiger partial charge is 0.506 e. The first-order valence-corrected chi connectivity index (χ1v) is 5.88. The third-order valence-electron chi connectivity index (χ3n) is 1.74. The fourth-order valence-electron chi connectivity index (χ4n) is 0.967. The minimum atomic E-state index is -0.426. The van der Waals surface area contributed by atoms with Gasteiger partial charge in [0.1, 0.15) is 12.3 Å². The van der Waals surface area contributed by atoms with E-state index in [1.54, 1.807) is 12.1 Å². The molecule has 0 aromatic heterocycles. The molecule has 0 heterocycles. The van der Waals surface area contributed by atoms with Crippen LogP contribution >= 0.6 is 31.9 Å². The summed E-state index contributed by atoms with van der Waals surface area (Å²) in [6.07, 6.45) is 1.42. The average Bonchev–Trinajstić information content (AvgIpc) is 2.24. The molecule has 1 aromatic carbocycles. The van der Waals surface area contributed by atoms with E-state index >= 15 is 0 Å². The van der Waals surface area contributed by atoms with Crippen LogP contribution in [0.1, 0.15) is 5.56 Å². The number of phenolic OH excluding ortho intramolecular Hbond substituents is 1. The van der Waals surface area contributed by atoms with E-state index in [0.717, 1.165) is 4.47 Å². The maximum atomic E-state index is 10.8. The Hall–Kier alpha value is -0.880. The number of aliphatic imine (C=N–C) groups is 1. The molecule has 0 aliphatic carbocycles. The van der Waals surface area contributed by atoms with Gasteiger partial charge in [-0.1, -0.05) is 15.9 Å². The van der Waals surface area contributed by atoms with Crippen molar-refractivity contribution >= 4 is 44.0 Å². The van der Waals surface area contributed by atoms with Crippen molar-refractivity contribution in [1.29, 1.82) is 0 Å². The van der Waals surface area contributed by atoms with Gasteiger partial charge in [-0.25, -0.2) is 0 Å². The molecule has 4 nitrogen and oxygen atoms in total. The number of rotatable bonds is 3. The Morgan fingerprint density at radius 3 is 2.88 bits per heavy atom. The van der Waals surface area contributed by atoms with E-state index in [0.29, 0.717) is 10.0 Å². The van der Waals surface area contributed by atoms with Crippen LogP contribution in [0.4, 0.5) is 0 Å². The molecule has 0 saturated carbocycles. The topological polar surface area (TPSA) is 58.9 Å². The molecular formula is C10H9Br2NO3. The van der Waals surface area contributed by atoms with Gasteiger partial charge in [0.2, 0.25) is 0 Å². The molecule has 1 rings (SSSR count). The number of benzene rings is 1. The van der Waals surface area contributed by atoms with E-state index in [1.165, 1.54) is 13.3 Å². The Morgan fingerprint density at radius 1 is 1.56 bits per heavy atom. The van der Waals surface area contributed by atoms with Gasteiger partial charge in [-0.2, -0.15) is 0 Å². The van der Waals surface area contributed by atoms with Crippen LogP contribution in [0.15, 0.2) is 26.1 Å². The first-order chi connectivity index (χ1) is 7.54. The van der Waals surface area contributed by atoms with Crippen molar-refractivity contribution in [3.05, 3.63) is 26.6 Å². The van der Waals surface area contributed by atoms with E-state index in [2.05, 4.69) is 41.6 Å². The van der Waals surface area contributed by atoms with Gasteiger partial charge in [0.25, 0.3) is 0 Å². The van der Waals surface area contributed by atoms with Gasteiger partial charge in [-0.05, 0) is 28.1 Å². The normalized spacial score (nSPS) is 10.7. The molecular weight excluding hydrogens is 342 g/mol. The maximum absolute atomic E-state index is 10.8. The van der Waals surface area contributed by atoms with Crippen LogP contribution in [0, 0.1) is 0 Å². The van der Waals surface area contributed by atoms with Gasteiger partial charge < -0.3 is 9.84 Å². The maximum Gasteiger partial charge on any atom is 0.327 e. The molecule has 0 spiro atoms. The van der Waals surface area contributed by atoms with Gasteiger partial charge in [-0.15, -0.1) is 0 Å². The van der Waals surface area contributed by atoms with E-state index in [-0.39, 0.29) is 12.3 Å². The summed E-state index contributed by atoms with van der Waals surface area (Å²) in [6, 6.07) is 3.41. The summed E-state index contributed by atoms with van der Waals surface area (Å²) >= 11 is 6.49. The number of phenols is 1. The average molecular weight is 351 g/mol. The van der Waals surface area contributed by atoms with Crippen molar-refractivity contribution in [2.45, 2.75) is 0 Å². The number of aromatic hydroxyl groups is 1. The number of esters is 1. The number of methoxy groups -OCH3 is 1. The highest BCUT2D eigenvalue weighted by Crippen LogP contribution is 2.30. The predicted molar refractivity (Wildman–Crippen MR) is 68.0 cm³/mol. The third kappa shape index (κ3) is 3.61. The predicted octanol–water partition coefficient (Wildman–Crippen LogP) is 2.51. The second kappa shape index (κ2) is 6.00. The molecule has 86 valence electrons. The fraction of sp³-hybridized carbons (Fsp3) is 0.200. The summed E-state index contributed by atoms with van der Waals surface area (Å²) in [6.45, 7) is -0.0694. The van der Waals surface area contributed by atoms with Crippen molar-refractivity contribution in [2.75, 3.05) is 13.7 Å². The molecule has 0 bridgehead atoms. The Morgan fingerprint density at radius 2 is 2.25 bits per heavy atom. The van der Waals surface area contributed by atoms with Crippen LogP contribution in [0.25, 0.3) is 0 Å². The second-order valence-electron chi connectivity index (χ2n) is 2.87. The van der Waals surface area contributed by atoms with Gasteiger partial charge in [0.15, 0.2) is 0 Å². The van der Waals surface area contributed by atoms with Crippen LogP contribution in [-0.4, -0.2) is 30.9 Å². The summed E-state index contributed by atoms with van der Waals surface area (Å²) in [4.78, 5) is 14.7. The number of carbonyl (C=O) groups excluding carboxylic acids is 1. The first kappa shape index (κ1) is 13.2. The number of ether oxygens (including phenoxy) is 1. The summed E-state index contributed by atoms with van der Waals surface area (Å²) in [5, 5.41) is 9.67. The van der Waals surface area contributed by atoms with Crippen LogP contribution in [-0.2, 0) is 9.53 Å². The smallest absolute Gasteiger partial charge is 0.327 e. The Labute approximate surface area is 110 Å². The SMILES string of the molecule is COC(=O)CN=Cc1cc(Br)cc(Br)c1O. The lowest BCUT2D eigenvalue weighted by molar-refractivity contribution is -0.138. The zero-order valence-corrected chi connectivity index (χ0v) is 11.6. The number of hydrogen-bond donors (Lipinski definition) is 1. The highest BCUT2D eigenvalue weighted by molar-refractivity contribution is 9.11. The quantitative estimate of drug-likeness (QED) is 0.673. The fourth-order valence-corrected chi connectivity index (χ4v) is 2.23. The van der Waals surface area contributed by atoms with E-state index in [1.807, 2.05) is 0 Å². The Kier molecular flexibility index (Phi) is 4.95. The van der Waals surface area contributed by atoms with Gasteiger partial charge in [-0.3, -0.25) is 9.79 Å². The number of carbonyl (C=O) groups is 1. The first-order valence-electron chi connectivity index (χ1n) is 4.29. The molecule has 0 aliphatic heterocycles. The zero-order chi connectivity index (χ0) is 12.1. The molecule has 0 saturated heterocycles. The highest BCUT2D eigenvalue weighted by atomic mass is 79.9. The lowest BCUT2D eigenvalue weighted by Gasteiger charge is -2.02. The zero-order valence-electron chi connectivity index (χ0n) is 8.41. The van der Waals surface area contributed by atoms with Gasteiger partial charge in [0, 0.05) is 16.3 Å². The monoisotopic (exact) mass is 349 g/mol. The van der Waals surface area contributed by atoms with Crippen LogP contribution < -0.4 is 0 Å². The van der Waals surface area contributed by atoms with Crippen LogP contribution in [0.2, 0.25) is 0 Å². The number of nitrogens with zero attached hydrogens (tertiary/aromatic N) is 1. The van der Waals surface area contributed by atoms with Crippen molar-refractivity contribution in [1.82, 2.24) is 0 Å².